The van der Waals surface area contributed by atoms with Crippen LogP contribution in [-0.2, 0) is 9.53 Å². The fourth-order valence-electron chi connectivity index (χ4n) is 1.61. The molecule has 0 unspecified atom stereocenters. The second-order valence-electron chi connectivity index (χ2n) is 4.00. The van der Waals surface area contributed by atoms with Crippen molar-refractivity contribution in [2.75, 3.05) is 24.2 Å². The Bertz CT molecular complexity index is 460. The lowest BCUT2D eigenvalue weighted by molar-refractivity contribution is -0.143. The van der Waals surface area contributed by atoms with E-state index in [1.165, 1.54) is 0 Å². The molecule has 1 rings (SSSR count). The van der Waals surface area contributed by atoms with Crippen LogP contribution in [0, 0.1) is 0 Å². The molecule has 0 bridgehead atoms. The van der Waals surface area contributed by atoms with Crippen LogP contribution in [0.25, 0.3) is 0 Å². The molecule has 0 spiro atoms. The summed E-state index contributed by atoms with van der Waals surface area (Å²) in [6.07, 6.45) is 0.931. The second-order valence-corrected chi connectivity index (χ2v) is 4.00. The van der Waals surface area contributed by atoms with Crippen molar-refractivity contribution in [3.63, 3.8) is 0 Å². The van der Waals surface area contributed by atoms with Crippen molar-refractivity contribution in [2.45, 2.75) is 19.8 Å². The molecule has 1 amide bonds. The van der Waals surface area contributed by atoms with Crippen LogP contribution in [0.1, 0.15) is 30.1 Å². The second kappa shape index (κ2) is 7.25. The van der Waals surface area contributed by atoms with Crippen LogP contribution in [0.2, 0.25) is 0 Å². The van der Waals surface area contributed by atoms with Gasteiger partial charge in [0, 0.05) is 24.3 Å². The Morgan fingerprint density at radius 2 is 2.11 bits per heavy atom. The predicted octanol–water partition coefficient (Wildman–Crippen LogP) is 1.12. The van der Waals surface area contributed by atoms with E-state index >= 15 is 0 Å². The van der Waals surface area contributed by atoms with Crippen molar-refractivity contribution in [1.82, 2.24) is 0 Å². The van der Waals surface area contributed by atoms with Crippen LogP contribution in [0.4, 0.5) is 11.4 Å². The molecule has 0 aliphatic carbocycles. The highest BCUT2D eigenvalue weighted by molar-refractivity contribution is 5.99. The maximum Gasteiger partial charge on any atom is 0.305 e. The van der Waals surface area contributed by atoms with E-state index in [2.05, 4.69) is 5.32 Å². The summed E-state index contributed by atoms with van der Waals surface area (Å²) in [7, 11) is 0. The molecule has 6 nitrogen and oxygen atoms in total. The lowest BCUT2D eigenvalue weighted by atomic mass is 10.1. The molecule has 5 N–H and O–H groups in total. The first-order chi connectivity index (χ1) is 9.04. The minimum absolute atomic E-state index is 0.230. The highest BCUT2D eigenvalue weighted by Crippen LogP contribution is 2.18. The molecule has 0 heterocycles. The third-order valence-corrected chi connectivity index (χ3v) is 2.49. The standard InChI is InChI=1S/C13H19N3O3/c1-2-19-12(17)4-3-7-16-11-8-9(14)5-6-10(11)13(15)18/h5-6,8,16H,2-4,7,14H2,1H3,(H2,15,18). The Morgan fingerprint density at radius 1 is 1.37 bits per heavy atom. The number of amides is 1. The topological polar surface area (TPSA) is 107 Å². The van der Waals surface area contributed by atoms with Gasteiger partial charge in [-0.15, -0.1) is 0 Å². The first kappa shape index (κ1) is 14.8. The number of nitrogen functional groups attached to an aromatic ring is 1. The number of benzene rings is 1. The molecule has 0 fully saturated rings. The fraction of sp³-hybridized carbons (Fsp3) is 0.385. The number of hydrogen-bond donors (Lipinski definition) is 3. The maximum atomic E-state index is 11.2. The number of primary amides is 1. The molecule has 0 aliphatic heterocycles. The van der Waals surface area contributed by atoms with Gasteiger partial charge in [0.1, 0.15) is 0 Å². The van der Waals surface area contributed by atoms with Gasteiger partial charge in [0.25, 0.3) is 5.91 Å². The number of nitrogens with one attached hydrogen (secondary N) is 1. The van der Waals surface area contributed by atoms with Crippen LogP contribution in [0.15, 0.2) is 18.2 Å². The van der Waals surface area contributed by atoms with Crippen LogP contribution in [0.3, 0.4) is 0 Å². The number of anilines is 2. The first-order valence-electron chi connectivity index (χ1n) is 6.13. The molecule has 104 valence electrons. The van der Waals surface area contributed by atoms with Crippen molar-refractivity contribution in [3.8, 4) is 0 Å². The van der Waals surface area contributed by atoms with Gasteiger partial charge in [-0.25, -0.2) is 0 Å². The van der Waals surface area contributed by atoms with Crippen LogP contribution in [-0.4, -0.2) is 25.0 Å². The molecule has 0 saturated heterocycles. The lowest BCUT2D eigenvalue weighted by Gasteiger charge is -2.10. The molecular weight excluding hydrogens is 246 g/mol. The smallest absolute Gasteiger partial charge is 0.305 e. The molecule has 0 aliphatic rings. The molecular formula is C13H19N3O3. The summed E-state index contributed by atoms with van der Waals surface area (Å²) in [5.41, 5.74) is 12.4. The van der Waals surface area contributed by atoms with Crippen molar-refractivity contribution in [2.24, 2.45) is 5.73 Å². The summed E-state index contributed by atoms with van der Waals surface area (Å²) in [6.45, 7) is 2.68. The summed E-state index contributed by atoms with van der Waals surface area (Å²) < 4.78 is 4.81. The largest absolute Gasteiger partial charge is 0.466 e. The van der Waals surface area contributed by atoms with E-state index < -0.39 is 5.91 Å². The number of carbonyl (C=O) groups excluding carboxylic acids is 2. The van der Waals surface area contributed by atoms with Gasteiger partial charge in [-0.05, 0) is 31.5 Å². The number of esters is 1. The van der Waals surface area contributed by atoms with Gasteiger partial charge in [-0.3, -0.25) is 9.59 Å². The van der Waals surface area contributed by atoms with E-state index in [4.69, 9.17) is 16.2 Å². The Morgan fingerprint density at radius 3 is 2.74 bits per heavy atom. The summed E-state index contributed by atoms with van der Waals surface area (Å²) >= 11 is 0. The molecule has 0 saturated carbocycles. The minimum Gasteiger partial charge on any atom is -0.466 e. The van der Waals surface area contributed by atoms with Crippen molar-refractivity contribution in [1.29, 1.82) is 0 Å². The highest BCUT2D eigenvalue weighted by Gasteiger charge is 2.08. The first-order valence-corrected chi connectivity index (χ1v) is 6.13. The van der Waals surface area contributed by atoms with Gasteiger partial charge < -0.3 is 21.5 Å². The quantitative estimate of drug-likeness (QED) is 0.389. The Kier molecular flexibility index (Phi) is 5.66. The summed E-state index contributed by atoms with van der Waals surface area (Å²) in [6, 6.07) is 4.83. The number of ether oxygens (including phenoxy) is 1. The molecule has 0 atom stereocenters. The van der Waals surface area contributed by atoms with Crippen molar-refractivity contribution < 1.29 is 14.3 Å². The summed E-state index contributed by atoms with van der Waals surface area (Å²) in [4.78, 5) is 22.4. The van der Waals surface area contributed by atoms with Gasteiger partial charge in [0.05, 0.1) is 12.2 Å². The Hall–Kier alpha value is -2.24. The predicted molar refractivity (Wildman–Crippen MR) is 73.7 cm³/mol. The van der Waals surface area contributed by atoms with Gasteiger partial charge in [0.2, 0.25) is 0 Å². The fourth-order valence-corrected chi connectivity index (χ4v) is 1.61. The zero-order valence-corrected chi connectivity index (χ0v) is 10.9. The average molecular weight is 265 g/mol. The van der Waals surface area contributed by atoms with Gasteiger partial charge >= 0.3 is 5.97 Å². The maximum absolute atomic E-state index is 11.2. The van der Waals surface area contributed by atoms with E-state index in [1.807, 2.05) is 0 Å². The molecule has 1 aromatic carbocycles. The summed E-state index contributed by atoms with van der Waals surface area (Å²) in [5.74, 6) is -0.750. The SMILES string of the molecule is CCOC(=O)CCCNc1cc(N)ccc1C(N)=O. The van der Waals surface area contributed by atoms with Crippen molar-refractivity contribution in [3.05, 3.63) is 23.8 Å². The number of rotatable bonds is 7. The third kappa shape index (κ3) is 4.87. The molecule has 1 aromatic rings. The van der Waals surface area contributed by atoms with E-state index in [1.54, 1.807) is 25.1 Å². The normalized spacial score (nSPS) is 9.95. The van der Waals surface area contributed by atoms with E-state index in [9.17, 15) is 9.59 Å². The van der Waals surface area contributed by atoms with Gasteiger partial charge in [0.15, 0.2) is 0 Å². The average Bonchev–Trinajstić information content (AvgIpc) is 2.34. The molecule has 0 radical (unpaired) electrons. The van der Waals surface area contributed by atoms with E-state index in [0.717, 1.165) is 0 Å². The monoisotopic (exact) mass is 265 g/mol. The number of hydrogen-bond acceptors (Lipinski definition) is 5. The van der Waals surface area contributed by atoms with E-state index in [-0.39, 0.29) is 5.97 Å². The number of nitrogens with two attached hydrogens (primary N) is 2. The third-order valence-electron chi connectivity index (χ3n) is 2.49. The van der Waals surface area contributed by atoms with E-state index in [0.29, 0.717) is 42.9 Å². The highest BCUT2D eigenvalue weighted by atomic mass is 16.5. The number of carbonyl (C=O) groups is 2. The van der Waals surface area contributed by atoms with Crippen LogP contribution >= 0.6 is 0 Å². The Labute approximate surface area is 112 Å². The minimum atomic E-state index is -0.520. The van der Waals surface area contributed by atoms with Crippen molar-refractivity contribution >= 4 is 23.3 Å². The summed E-state index contributed by atoms with van der Waals surface area (Å²) in [5, 5.41) is 3.04. The lowest BCUT2D eigenvalue weighted by Crippen LogP contribution is -2.15. The molecule has 0 aromatic heterocycles. The zero-order valence-electron chi connectivity index (χ0n) is 10.9. The van der Waals surface area contributed by atoms with Crippen LogP contribution in [0.5, 0.6) is 0 Å². The van der Waals surface area contributed by atoms with Gasteiger partial charge in [-0.1, -0.05) is 0 Å². The Balaban J connectivity index is 2.51. The van der Waals surface area contributed by atoms with Gasteiger partial charge in [-0.2, -0.15) is 0 Å². The van der Waals surface area contributed by atoms with Crippen LogP contribution < -0.4 is 16.8 Å². The molecule has 6 heteroatoms. The molecule has 19 heavy (non-hydrogen) atoms. The zero-order chi connectivity index (χ0) is 14.3.